The third kappa shape index (κ3) is 11.4. The van der Waals surface area contributed by atoms with E-state index in [4.69, 9.17) is 33.2 Å². The molecule has 0 aromatic rings. The van der Waals surface area contributed by atoms with Gasteiger partial charge in [0.15, 0.2) is 12.6 Å². The van der Waals surface area contributed by atoms with Crippen LogP contribution in [0.5, 0.6) is 0 Å². The fraction of sp³-hybridized carbons (Fsp3) is 0.923. The standard InChI is InChI=1S/C39H68O13.Ac/c1-14-28-39(13,45)33(46-18-40)24(6)23(5)21(3)16-38(12,44)32(52-36-30(42)20(2)15-22(4)48-36)25(7)31(26(8)35(43)50-28)51-29-17-37(10,11)34(47-19-41)27(9)49-29;/h18-34,36,42,44-45H,14-17H2,1-13H3;/t20-,21+,22+,23+,24-,25-,26+,27-,28+,29?,30+,31-,32+,33+,34-,36-,38-,39+;/m0./s1. The summed E-state index contributed by atoms with van der Waals surface area (Å²) in [6.07, 6.45) is -6.94. The van der Waals surface area contributed by atoms with Crippen molar-refractivity contribution in [3.8, 4) is 0 Å². The van der Waals surface area contributed by atoms with Crippen LogP contribution >= 0.6 is 0 Å². The van der Waals surface area contributed by atoms with Crippen LogP contribution in [0.1, 0.15) is 116 Å². The maximum absolute atomic E-state index is 14.2. The normalized spacial score (nSPS) is 47.2. The predicted molar refractivity (Wildman–Crippen MR) is 190 cm³/mol. The van der Waals surface area contributed by atoms with Gasteiger partial charge in [-0.05, 0) is 77.6 Å². The summed E-state index contributed by atoms with van der Waals surface area (Å²) in [6.45, 7) is 24.5. The van der Waals surface area contributed by atoms with Gasteiger partial charge < -0.3 is 48.5 Å². The number of esters is 1. The molecule has 3 fully saturated rings. The van der Waals surface area contributed by atoms with Gasteiger partial charge in [-0.3, -0.25) is 14.4 Å². The largest absolute Gasteiger partial charge is 0.461 e. The first-order valence-electron chi connectivity index (χ1n) is 19.2. The zero-order valence-electron chi connectivity index (χ0n) is 34.2. The number of carbonyl (C=O) groups excluding carboxylic acids is 3. The van der Waals surface area contributed by atoms with Gasteiger partial charge in [0.25, 0.3) is 12.9 Å². The fourth-order valence-corrected chi connectivity index (χ4v) is 9.19. The molecular weight excluding hydrogens is 903 g/mol. The molecule has 0 aromatic carbocycles. The maximum Gasteiger partial charge on any atom is 0.311 e. The molecule has 0 spiro atoms. The predicted octanol–water partition coefficient (Wildman–Crippen LogP) is 4.54. The molecule has 0 bridgehead atoms. The van der Waals surface area contributed by atoms with E-state index in [1.54, 1.807) is 27.7 Å². The number of cyclic esters (lactones) is 1. The van der Waals surface area contributed by atoms with Gasteiger partial charge in [-0.25, -0.2) is 0 Å². The van der Waals surface area contributed by atoms with E-state index < -0.39 is 95.6 Å². The van der Waals surface area contributed by atoms with E-state index >= 15 is 0 Å². The van der Waals surface area contributed by atoms with Crippen LogP contribution in [0.25, 0.3) is 0 Å². The first kappa shape index (κ1) is 48.7. The Kier molecular flexibility index (Phi) is 18.2. The molecule has 0 saturated carbocycles. The molecule has 0 amide bonds. The molecule has 14 heteroatoms. The molecular formula is C39H68AcO13. The molecule has 3 saturated heterocycles. The molecule has 3 aliphatic heterocycles. The summed E-state index contributed by atoms with van der Waals surface area (Å²) in [4.78, 5) is 37.4. The maximum atomic E-state index is 14.2. The third-order valence-electron chi connectivity index (χ3n) is 12.5. The minimum Gasteiger partial charge on any atom is -0.461 e. The van der Waals surface area contributed by atoms with E-state index in [2.05, 4.69) is 0 Å². The minimum absolute atomic E-state index is 0. The molecule has 3 aliphatic rings. The molecule has 0 aliphatic carbocycles. The van der Waals surface area contributed by atoms with Crippen LogP contribution in [0.3, 0.4) is 0 Å². The number of carbonyl (C=O) groups is 3. The van der Waals surface area contributed by atoms with Crippen LogP contribution in [0.4, 0.5) is 0 Å². The summed E-state index contributed by atoms with van der Waals surface area (Å²) in [6, 6.07) is 0. The van der Waals surface area contributed by atoms with Crippen molar-refractivity contribution in [3.05, 3.63) is 0 Å². The number of hydrogen-bond acceptors (Lipinski definition) is 13. The van der Waals surface area contributed by atoms with Gasteiger partial charge in [0, 0.05) is 61.8 Å². The van der Waals surface area contributed by atoms with Gasteiger partial charge in [0.05, 0.1) is 35.9 Å². The topological polar surface area (TPSA) is 177 Å². The number of rotatable bonds is 9. The molecule has 3 rings (SSSR count). The van der Waals surface area contributed by atoms with Crippen LogP contribution < -0.4 is 0 Å². The van der Waals surface area contributed by atoms with E-state index in [0.717, 1.165) is 0 Å². The molecule has 18 atom stereocenters. The van der Waals surface area contributed by atoms with Gasteiger partial charge in [0.2, 0.25) is 0 Å². The van der Waals surface area contributed by atoms with Crippen LogP contribution in [0, 0.1) is 85.0 Å². The first-order chi connectivity index (χ1) is 24.0. The summed E-state index contributed by atoms with van der Waals surface area (Å²) in [5.74, 6) is -3.36. The molecule has 1 unspecified atom stereocenters. The zero-order chi connectivity index (χ0) is 39.5. The van der Waals surface area contributed by atoms with E-state index in [1.165, 1.54) is 6.92 Å². The van der Waals surface area contributed by atoms with Gasteiger partial charge >= 0.3 is 5.97 Å². The van der Waals surface area contributed by atoms with Gasteiger partial charge in [-0.1, -0.05) is 55.4 Å². The van der Waals surface area contributed by atoms with Crippen molar-refractivity contribution in [2.75, 3.05) is 0 Å². The second kappa shape index (κ2) is 19.8. The summed E-state index contributed by atoms with van der Waals surface area (Å²) < 4.78 is 42.8. The van der Waals surface area contributed by atoms with Crippen LogP contribution in [-0.2, 0) is 47.5 Å². The minimum atomic E-state index is -1.76. The third-order valence-corrected chi connectivity index (χ3v) is 12.5. The van der Waals surface area contributed by atoms with Crippen molar-refractivity contribution in [3.63, 3.8) is 0 Å². The van der Waals surface area contributed by atoms with Crippen molar-refractivity contribution in [2.45, 2.75) is 188 Å². The van der Waals surface area contributed by atoms with Crippen LogP contribution in [-0.4, -0.2) is 107 Å². The average molecular weight is 972 g/mol. The Labute approximate surface area is 352 Å². The Balaban J connectivity index is 0.00000972. The van der Waals surface area contributed by atoms with E-state index in [-0.39, 0.29) is 80.8 Å². The molecule has 3 N–H and O–H groups in total. The molecule has 305 valence electrons. The summed E-state index contributed by atoms with van der Waals surface area (Å²) in [5, 5.41) is 35.8. The van der Waals surface area contributed by atoms with E-state index in [9.17, 15) is 29.7 Å². The molecule has 13 nitrogen and oxygen atoms in total. The number of aliphatic hydroxyl groups excluding tert-OH is 1. The summed E-state index contributed by atoms with van der Waals surface area (Å²) in [5.41, 5.74) is -3.90. The molecule has 3 heterocycles. The number of ether oxygens (including phenoxy) is 7. The second-order valence-electron chi connectivity index (χ2n) is 17.4. The smallest absolute Gasteiger partial charge is 0.311 e. The summed E-state index contributed by atoms with van der Waals surface area (Å²) in [7, 11) is 0. The van der Waals surface area contributed by atoms with Crippen molar-refractivity contribution in [1.29, 1.82) is 0 Å². The van der Waals surface area contributed by atoms with Crippen LogP contribution in [0.15, 0.2) is 0 Å². The van der Waals surface area contributed by atoms with Crippen molar-refractivity contribution in [2.24, 2.45) is 40.9 Å². The summed E-state index contributed by atoms with van der Waals surface area (Å²) >= 11 is 0. The molecule has 1 radical (unpaired) electrons. The Bertz CT molecular complexity index is 1180. The first-order valence-corrected chi connectivity index (χ1v) is 19.2. The van der Waals surface area contributed by atoms with Crippen molar-refractivity contribution >= 4 is 18.9 Å². The number of hydrogen-bond donors (Lipinski definition) is 3. The second-order valence-corrected chi connectivity index (χ2v) is 17.4. The molecule has 53 heavy (non-hydrogen) atoms. The molecule has 0 aromatic heterocycles. The van der Waals surface area contributed by atoms with E-state index in [1.807, 2.05) is 55.4 Å². The number of aliphatic hydroxyl groups is 3. The van der Waals surface area contributed by atoms with Gasteiger partial charge in [-0.15, -0.1) is 0 Å². The quantitative estimate of drug-likeness (QED) is 0.167. The Morgan fingerprint density at radius 1 is 0.792 bits per heavy atom. The van der Waals surface area contributed by atoms with Crippen molar-refractivity contribution in [1.82, 2.24) is 0 Å². The Morgan fingerprint density at radius 2 is 1.38 bits per heavy atom. The Hall–Kier alpha value is -0.428. The Morgan fingerprint density at radius 3 is 1.92 bits per heavy atom. The fourth-order valence-electron chi connectivity index (χ4n) is 9.19. The van der Waals surface area contributed by atoms with Crippen LogP contribution in [0.2, 0.25) is 0 Å². The zero-order valence-corrected chi connectivity index (χ0v) is 39.0. The van der Waals surface area contributed by atoms with E-state index in [0.29, 0.717) is 25.8 Å². The SMILES string of the molecule is CC[C@H]1OC(=O)[C@H](C)[C@@H](OC2CC(C)(C)[C@@H](OC=O)[C@H](C)O2)[C@H](C)[C@@H](O[C@@H]2O[C@H](C)C[C@H](C)[C@H]2O)[C@@](C)(O)C[C@@H](C)[C@@H](C)[C@H](C)[C@@H](OC=O)[C@]1(C)O.[Ac]. The van der Waals surface area contributed by atoms with Crippen molar-refractivity contribution < 1.29 is 107 Å². The van der Waals surface area contributed by atoms with Gasteiger partial charge in [-0.2, -0.15) is 0 Å². The monoisotopic (exact) mass is 971 g/mol. The average Bonchev–Trinajstić information content (AvgIpc) is 3.04. The van der Waals surface area contributed by atoms with Gasteiger partial charge in [0.1, 0.15) is 30.0 Å².